The maximum atomic E-state index is 8.14. The lowest BCUT2D eigenvalue weighted by Gasteiger charge is -2.07. The minimum Gasteiger partial charge on any atom is -0.501 e. The first-order chi connectivity index (χ1) is 10.8. The fourth-order valence-corrected chi connectivity index (χ4v) is 1.60. The summed E-state index contributed by atoms with van der Waals surface area (Å²) < 4.78 is 5.54. The summed E-state index contributed by atoms with van der Waals surface area (Å²) in [5.41, 5.74) is 4.96. The maximum absolute atomic E-state index is 8.14. The average Bonchev–Trinajstić information content (AvgIpc) is 2.54. The van der Waals surface area contributed by atoms with Crippen molar-refractivity contribution in [2.75, 3.05) is 13.2 Å². The molecule has 0 saturated carbocycles. The van der Waals surface area contributed by atoms with Crippen LogP contribution < -0.4 is 0 Å². The van der Waals surface area contributed by atoms with Gasteiger partial charge in [0, 0.05) is 6.61 Å². The second-order valence-corrected chi connectivity index (χ2v) is 6.65. The van der Waals surface area contributed by atoms with Crippen molar-refractivity contribution in [1.29, 1.82) is 0 Å². The molecule has 23 heavy (non-hydrogen) atoms. The van der Waals surface area contributed by atoms with E-state index in [2.05, 4.69) is 65.0 Å². The van der Waals surface area contributed by atoms with Gasteiger partial charge in [0.2, 0.25) is 0 Å². The minimum absolute atomic E-state index is 0.306. The Bertz CT molecular complexity index is 479. The molecule has 0 heterocycles. The lowest BCUT2D eigenvalue weighted by Crippen LogP contribution is -1.97. The predicted molar refractivity (Wildman–Crippen MR) is 102 cm³/mol. The number of rotatable bonds is 6. The SMILES string of the molecule is C/C=C(\C)c1ccc(/C(C)=C/OCC(C)C)cc1.CC(C)CO. The molecular weight excluding hydrogens is 284 g/mol. The van der Waals surface area contributed by atoms with Gasteiger partial charge < -0.3 is 9.84 Å². The van der Waals surface area contributed by atoms with Gasteiger partial charge in [-0.1, -0.05) is 58.0 Å². The predicted octanol–water partition coefficient (Wildman–Crippen LogP) is 5.78. The first-order valence-electron chi connectivity index (χ1n) is 8.44. The molecule has 1 N–H and O–H groups in total. The third-order valence-electron chi connectivity index (χ3n) is 3.28. The highest BCUT2D eigenvalue weighted by Crippen LogP contribution is 2.19. The average molecular weight is 319 g/mol. The lowest BCUT2D eigenvalue weighted by molar-refractivity contribution is 0.212. The summed E-state index contributed by atoms with van der Waals surface area (Å²) in [5, 5.41) is 8.14. The molecule has 0 aliphatic rings. The Morgan fingerprint density at radius 1 is 0.957 bits per heavy atom. The van der Waals surface area contributed by atoms with Crippen molar-refractivity contribution >= 4 is 11.1 Å². The number of allylic oxidation sites excluding steroid dienone is 3. The molecule has 0 unspecified atom stereocenters. The molecule has 0 saturated heterocycles. The molecule has 2 nitrogen and oxygen atoms in total. The van der Waals surface area contributed by atoms with Crippen molar-refractivity contribution in [1.82, 2.24) is 0 Å². The Balaban J connectivity index is 0.000000841. The van der Waals surface area contributed by atoms with E-state index < -0.39 is 0 Å². The molecule has 1 rings (SSSR count). The van der Waals surface area contributed by atoms with Crippen molar-refractivity contribution in [2.45, 2.75) is 48.5 Å². The van der Waals surface area contributed by atoms with Gasteiger partial charge in [0.1, 0.15) is 0 Å². The second-order valence-electron chi connectivity index (χ2n) is 6.65. The van der Waals surface area contributed by atoms with E-state index in [4.69, 9.17) is 9.84 Å². The van der Waals surface area contributed by atoms with Gasteiger partial charge in [0.25, 0.3) is 0 Å². The molecule has 0 aliphatic carbocycles. The summed E-state index contributed by atoms with van der Waals surface area (Å²) in [4.78, 5) is 0. The first kappa shape index (κ1) is 21.5. The highest BCUT2D eigenvalue weighted by molar-refractivity contribution is 5.68. The number of ether oxygens (including phenoxy) is 1. The van der Waals surface area contributed by atoms with E-state index in [9.17, 15) is 0 Å². The van der Waals surface area contributed by atoms with Crippen molar-refractivity contribution in [3.8, 4) is 0 Å². The van der Waals surface area contributed by atoms with Gasteiger partial charge in [-0.2, -0.15) is 0 Å². The quantitative estimate of drug-likeness (QED) is 0.674. The normalized spacial score (nSPS) is 12.3. The molecule has 2 heteroatoms. The number of aliphatic hydroxyl groups excluding tert-OH is 1. The molecule has 0 bridgehead atoms. The molecule has 130 valence electrons. The van der Waals surface area contributed by atoms with Gasteiger partial charge in [-0.3, -0.25) is 0 Å². The molecule has 0 atom stereocenters. The maximum Gasteiger partial charge on any atom is 0.0896 e. The molecule has 0 radical (unpaired) electrons. The third kappa shape index (κ3) is 9.96. The first-order valence-corrected chi connectivity index (χ1v) is 8.44. The highest BCUT2D eigenvalue weighted by atomic mass is 16.5. The van der Waals surface area contributed by atoms with Gasteiger partial charge in [0.15, 0.2) is 0 Å². The van der Waals surface area contributed by atoms with Crippen molar-refractivity contribution in [3.63, 3.8) is 0 Å². The molecule has 0 aliphatic heterocycles. The van der Waals surface area contributed by atoms with Gasteiger partial charge in [0.05, 0.1) is 12.9 Å². The van der Waals surface area contributed by atoms with Crippen LogP contribution >= 0.6 is 0 Å². The third-order valence-corrected chi connectivity index (χ3v) is 3.28. The fourth-order valence-electron chi connectivity index (χ4n) is 1.60. The second kappa shape index (κ2) is 12.0. The van der Waals surface area contributed by atoms with Crippen LogP contribution in [0.25, 0.3) is 11.1 Å². The summed E-state index contributed by atoms with van der Waals surface area (Å²) in [6, 6.07) is 8.61. The van der Waals surface area contributed by atoms with E-state index in [1.54, 1.807) is 0 Å². The molecule has 0 aromatic heterocycles. The summed E-state index contributed by atoms with van der Waals surface area (Å²) in [6.07, 6.45) is 3.99. The van der Waals surface area contributed by atoms with E-state index in [0.717, 1.165) is 6.61 Å². The Labute approximate surface area is 142 Å². The van der Waals surface area contributed by atoms with Crippen LogP contribution in [0.3, 0.4) is 0 Å². The molecule has 0 amide bonds. The Hall–Kier alpha value is -1.54. The Morgan fingerprint density at radius 2 is 1.39 bits per heavy atom. The van der Waals surface area contributed by atoms with Gasteiger partial charge in [-0.25, -0.2) is 0 Å². The van der Waals surface area contributed by atoms with Crippen molar-refractivity contribution in [3.05, 3.63) is 47.7 Å². The van der Waals surface area contributed by atoms with Crippen LogP contribution in [0.5, 0.6) is 0 Å². The van der Waals surface area contributed by atoms with Crippen LogP contribution in [-0.2, 0) is 4.74 Å². The lowest BCUT2D eigenvalue weighted by atomic mass is 10.0. The molecule has 0 spiro atoms. The zero-order valence-electron chi connectivity index (χ0n) is 15.9. The Kier molecular flexibility index (Phi) is 11.2. The van der Waals surface area contributed by atoms with E-state index in [0.29, 0.717) is 18.4 Å². The Morgan fingerprint density at radius 3 is 1.74 bits per heavy atom. The summed E-state index contributed by atoms with van der Waals surface area (Å²) in [6.45, 7) is 15.6. The largest absolute Gasteiger partial charge is 0.501 e. The van der Waals surface area contributed by atoms with E-state index >= 15 is 0 Å². The summed E-state index contributed by atoms with van der Waals surface area (Å²) in [5.74, 6) is 1.00. The van der Waals surface area contributed by atoms with Gasteiger partial charge >= 0.3 is 0 Å². The zero-order chi connectivity index (χ0) is 17.8. The van der Waals surface area contributed by atoms with E-state index in [1.165, 1.54) is 22.3 Å². The van der Waals surface area contributed by atoms with Crippen LogP contribution in [0.1, 0.15) is 59.6 Å². The smallest absolute Gasteiger partial charge is 0.0896 e. The number of aliphatic hydroxyl groups is 1. The van der Waals surface area contributed by atoms with Crippen LogP contribution in [-0.4, -0.2) is 18.3 Å². The number of hydrogen-bond donors (Lipinski definition) is 1. The summed E-state index contributed by atoms with van der Waals surface area (Å²) >= 11 is 0. The van der Waals surface area contributed by atoms with E-state index in [-0.39, 0.29) is 0 Å². The monoisotopic (exact) mass is 318 g/mol. The highest BCUT2D eigenvalue weighted by Gasteiger charge is 1.99. The summed E-state index contributed by atoms with van der Waals surface area (Å²) in [7, 11) is 0. The van der Waals surface area contributed by atoms with Crippen molar-refractivity contribution < 1.29 is 9.84 Å². The standard InChI is InChI=1S/C17H24O.C4H10O/c1-6-14(4)16-7-9-17(10-8-16)15(5)12-18-11-13(2)3;1-4(2)3-5/h6-10,12-13H,11H2,1-5H3;4-5H,3H2,1-2H3/b14-6+,15-12+;. The van der Waals surface area contributed by atoms with Crippen LogP contribution in [0.4, 0.5) is 0 Å². The zero-order valence-corrected chi connectivity index (χ0v) is 15.9. The fraction of sp³-hybridized carbons (Fsp3) is 0.524. The van der Waals surface area contributed by atoms with Crippen LogP contribution in [0, 0.1) is 11.8 Å². The van der Waals surface area contributed by atoms with Crippen molar-refractivity contribution in [2.24, 2.45) is 11.8 Å². The molecule has 0 fully saturated rings. The van der Waals surface area contributed by atoms with Crippen LogP contribution in [0.15, 0.2) is 36.6 Å². The van der Waals surface area contributed by atoms with Crippen LogP contribution in [0.2, 0.25) is 0 Å². The van der Waals surface area contributed by atoms with Gasteiger partial charge in [-0.15, -0.1) is 0 Å². The topological polar surface area (TPSA) is 29.5 Å². The molecule has 1 aromatic rings. The number of benzene rings is 1. The molecule has 1 aromatic carbocycles. The number of hydrogen-bond acceptors (Lipinski definition) is 2. The van der Waals surface area contributed by atoms with Gasteiger partial charge in [-0.05, 0) is 54.9 Å². The minimum atomic E-state index is 0.306. The molecular formula is C21H34O2. The van der Waals surface area contributed by atoms with E-state index in [1.807, 2.05) is 20.1 Å².